The molecule has 4 nitrogen and oxygen atoms in total. The number of carbonyl (C=O) groups is 1. The van der Waals surface area contributed by atoms with E-state index in [1.54, 1.807) is 18.6 Å². The first kappa shape index (κ1) is 15.2. The summed E-state index contributed by atoms with van der Waals surface area (Å²) < 4.78 is 5.26. The van der Waals surface area contributed by atoms with Crippen molar-refractivity contribution in [3.8, 4) is 6.07 Å². The van der Waals surface area contributed by atoms with Gasteiger partial charge in [0.1, 0.15) is 10.9 Å². The van der Waals surface area contributed by atoms with Crippen LogP contribution in [0.25, 0.3) is 0 Å². The molecule has 2 rings (SSSR count). The molecule has 0 radical (unpaired) electrons. The normalized spacial score (nSPS) is 13.2. The molecule has 108 valence electrons. The summed E-state index contributed by atoms with van der Waals surface area (Å²) in [4.78, 5) is 12.9. The molecule has 2 aromatic rings. The summed E-state index contributed by atoms with van der Waals surface area (Å²) in [5, 5.41) is 13.7. The molecule has 21 heavy (non-hydrogen) atoms. The molecule has 0 unspecified atom stereocenters. The van der Waals surface area contributed by atoms with Crippen molar-refractivity contribution in [3.63, 3.8) is 0 Å². The van der Waals surface area contributed by atoms with Crippen LogP contribution in [0.2, 0.25) is 0 Å². The van der Waals surface area contributed by atoms with Gasteiger partial charge in [-0.2, -0.15) is 5.26 Å². The van der Waals surface area contributed by atoms with Crippen LogP contribution < -0.4 is 5.32 Å². The summed E-state index contributed by atoms with van der Waals surface area (Å²) in [5.74, 6) is -0.259. The number of carbonyl (C=O) groups excluding carboxylic acids is 1. The van der Waals surface area contributed by atoms with E-state index in [-0.39, 0.29) is 5.91 Å². The Kier molecular flexibility index (Phi) is 4.73. The van der Waals surface area contributed by atoms with Gasteiger partial charge < -0.3 is 10.1 Å². The van der Waals surface area contributed by atoms with Gasteiger partial charge in [-0.1, -0.05) is 30.3 Å². The van der Waals surface area contributed by atoms with E-state index in [1.165, 1.54) is 11.3 Å². The van der Waals surface area contributed by atoms with Gasteiger partial charge in [0.05, 0.1) is 17.7 Å². The second-order valence-corrected chi connectivity index (χ2v) is 5.78. The second kappa shape index (κ2) is 6.53. The Morgan fingerprint density at radius 2 is 2.10 bits per heavy atom. The Morgan fingerprint density at radius 3 is 2.71 bits per heavy atom. The highest BCUT2D eigenvalue weighted by atomic mass is 32.1. The Balaban J connectivity index is 2.29. The number of amides is 1. The van der Waals surface area contributed by atoms with Crippen molar-refractivity contribution in [2.24, 2.45) is 0 Å². The van der Waals surface area contributed by atoms with Gasteiger partial charge in [-0.25, -0.2) is 0 Å². The molecule has 0 aliphatic rings. The van der Waals surface area contributed by atoms with E-state index < -0.39 is 5.54 Å². The molecular formula is C16H16N2O2S. The first-order chi connectivity index (χ1) is 10.1. The van der Waals surface area contributed by atoms with Crippen molar-refractivity contribution in [2.45, 2.75) is 12.5 Å². The minimum Gasteiger partial charge on any atom is -0.382 e. The van der Waals surface area contributed by atoms with E-state index in [9.17, 15) is 4.79 Å². The summed E-state index contributed by atoms with van der Waals surface area (Å²) in [6.07, 6.45) is 0. The van der Waals surface area contributed by atoms with E-state index in [4.69, 9.17) is 10.00 Å². The Bertz CT molecular complexity index is 660. The fourth-order valence-electron chi connectivity index (χ4n) is 2.17. The monoisotopic (exact) mass is 300 g/mol. The molecule has 0 aliphatic carbocycles. The largest absolute Gasteiger partial charge is 0.382 e. The Labute approximate surface area is 128 Å². The first-order valence-electron chi connectivity index (χ1n) is 6.45. The van der Waals surface area contributed by atoms with Crippen molar-refractivity contribution >= 4 is 17.2 Å². The lowest BCUT2D eigenvalue weighted by atomic mass is 9.92. The maximum atomic E-state index is 12.4. The third kappa shape index (κ3) is 3.30. The standard InChI is InChI=1S/C16H16N2O2S/c1-16(11-20-2,13-6-4-3-5-7-13)18-15(19)14-12(10-17)8-9-21-14/h3-9H,11H2,1-2H3,(H,18,19)/t16-/m1/s1. The van der Waals surface area contributed by atoms with Crippen molar-refractivity contribution in [1.29, 1.82) is 5.26 Å². The highest BCUT2D eigenvalue weighted by Crippen LogP contribution is 2.23. The van der Waals surface area contributed by atoms with Gasteiger partial charge in [0.2, 0.25) is 0 Å². The molecule has 1 N–H and O–H groups in total. The van der Waals surface area contributed by atoms with Crippen LogP contribution >= 0.6 is 11.3 Å². The van der Waals surface area contributed by atoms with Gasteiger partial charge in [-0.3, -0.25) is 4.79 Å². The number of rotatable bonds is 5. The van der Waals surface area contributed by atoms with Crippen molar-refractivity contribution in [1.82, 2.24) is 5.32 Å². The molecular weight excluding hydrogens is 284 g/mol. The molecule has 1 aromatic heterocycles. The number of methoxy groups -OCH3 is 1. The smallest absolute Gasteiger partial charge is 0.263 e. The fourth-order valence-corrected chi connectivity index (χ4v) is 2.91. The SMILES string of the molecule is COC[C@@](C)(NC(=O)c1sccc1C#N)c1ccccc1. The summed E-state index contributed by atoms with van der Waals surface area (Å²) in [5.41, 5.74) is 0.699. The van der Waals surface area contributed by atoms with Gasteiger partial charge in [-0.15, -0.1) is 11.3 Å². The molecule has 0 fully saturated rings. The van der Waals surface area contributed by atoms with Crippen molar-refractivity contribution in [2.75, 3.05) is 13.7 Å². The third-order valence-corrected chi connectivity index (χ3v) is 4.14. The minimum atomic E-state index is -0.649. The van der Waals surface area contributed by atoms with Gasteiger partial charge in [0.25, 0.3) is 5.91 Å². The number of nitriles is 1. The quantitative estimate of drug-likeness (QED) is 0.923. The van der Waals surface area contributed by atoms with E-state index >= 15 is 0 Å². The lowest BCUT2D eigenvalue weighted by molar-refractivity contribution is 0.0789. The van der Waals surface area contributed by atoms with Crippen LogP contribution in [-0.2, 0) is 10.3 Å². The van der Waals surface area contributed by atoms with Gasteiger partial charge in [-0.05, 0) is 23.9 Å². The highest BCUT2D eigenvalue weighted by Gasteiger charge is 2.30. The van der Waals surface area contributed by atoms with E-state index in [0.717, 1.165) is 5.56 Å². The molecule has 1 atom stereocenters. The average Bonchev–Trinajstić information content (AvgIpc) is 2.97. The number of thiophene rings is 1. The Hall–Kier alpha value is -2.16. The maximum Gasteiger partial charge on any atom is 0.263 e. The summed E-state index contributed by atoms with van der Waals surface area (Å²) in [7, 11) is 1.60. The van der Waals surface area contributed by atoms with Crippen molar-refractivity contribution < 1.29 is 9.53 Å². The van der Waals surface area contributed by atoms with Gasteiger partial charge in [0.15, 0.2) is 0 Å². The van der Waals surface area contributed by atoms with Gasteiger partial charge >= 0.3 is 0 Å². The summed E-state index contributed by atoms with van der Waals surface area (Å²) >= 11 is 1.26. The highest BCUT2D eigenvalue weighted by molar-refractivity contribution is 7.12. The average molecular weight is 300 g/mol. The lowest BCUT2D eigenvalue weighted by Crippen LogP contribution is -2.46. The molecule has 0 spiro atoms. The van der Waals surface area contributed by atoms with E-state index in [1.807, 2.05) is 43.3 Å². The molecule has 1 heterocycles. The van der Waals surface area contributed by atoms with E-state index in [2.05, 4.69) is 5.32 Å². The zero-order valence-electron chi connectivity index (χ0n) is 11.9. The zero-order valence-corrected chi connectivity index (χ0v) is 12.7. The molecule has 0 saturated heterocycles. The van der Waals surface area contributed by atoms with E-state index in [0.29, 0.717) is 17.0 Å². The van der Waals surface area contributed by atoms with Crippen LogP contribution in [0.3, 0.4) is 0 Å². The summed E-state index contributed by atoms with van der Waals surface area (Å²) in [6, 6.07) is 13.3. The van der Waals surface area contributed by atoms with Crippen LogP contribution in [0, 0.1) is 11.3 Å². The van der Waals surface area contributed by atoms with Crippen LogP contribution in [0.15, 0.2) is 41.8 Å². The van der Waals surface area contributed by atoms with Crippen molar-refractivity contribution in [3.05, 3.63) is 57.8 Å². The molecule has 0 aliphatic heterocycles. The topological polar surface area (TPSA) is 62.1 Å². The number of nitrogens with zero attached hydrogens (tertiary/aromatic N) is 1. The number of benzene rings is 1. The number of hydrogen-bond donors (Lipinski definition) is 1. The fraction of sp³-hybridized carbons (Fsp3) is 0.250. The zero-order chi connectivity index (χ0) is 15.3. The molecule has 0 bridgehead atoms. The third-order valence-electron chi connectivity index (χ3n) is 3.23. The lowest BCUT2D eigenvalue weighted by Gasteiger charge is -2.30. The van der Waals surface area contributed by atoms with Crippen LogP contribution in [-0.4, -0.2) is 19.6 Å². The van der Waals surface area contributed by atoms with Gasteiger partial charge in [0, 0.05) is 7.11 Å². The van der Waals surface area contributed by atoms with Crippen LogP contribution in [0.4, 0.5) is 0 Å². The van der Waals surface area contributed by atoms with Crippen LogP contribution in [0.1, 0.15) is 27.7 Å². The summed E-state index contributed by atoms with van der Waals surface area (Å²) in [6.45, 7) is 2.25. The number of hydrogen-bond acceptors (Lipinski definition) is 4. The first-order valence-corrected chi connectivity index (χ1v) is 7.33. The molecule has 1 amide bonds. The Morgan fingerprint density at radius 1 is 1.38 bits per heavy atom. The molecule has 0 saturated carbocycles. The second-order valence-electron chi connectivity index (χ2n) is 4.86. The van der Waals surface area contributed by atoms with Crippen LogP contribution in [0.5, 0.6) is 0 Å². The number of ether oxygens (including phenoxy) is 1. The molecule has 5 heteroatoms. The maximum absolute atomic E-state index is 12.4. The minimum absolute atomic E-state index is 0.259. The number of nitrogens with one attached hydrogen (secondary N) is 1. The predicted molar refractivity (Wildman–Crippen MR) is 82.2 cm³/mol. The predicted octanol–water partition coefficient (Wildman–Crippen LogP) is 2.91. The molecule has 1 aromatic carbocycles.